The van der Waals surface area contributed by atoms with Crippen LogP contribution in [0.1, 0.15) is 11.4 Å². The van der Waals surface area contributed by atoms with Gasteiger partial charge in [0.1, 0.15) is 0 Å². The fraction of sp³-hybridized carbons (Fsp3) is 0.222. The van der Waals surface area contributed by atoms with Gasteiger partial charge in [0, 0.05) is 4.47 Å². The number of rotatable bonds is 1. The van der Waals surface area contributed by atoms with Crippen molar-refractivity contribution in [3.8, 4) is 5.69 Å². The Balaban J connectivity index is 2.63. The lowest BCUT2D eigenvalue weighted by Crippen LogP contribution is -2.01. The van der Waals surface area contributed by atoms with Crippen molar-refractivity contribution < 1.29 is 0 Å². The molecular formula is C9H9BrN4. The average molecular weight is 253 g/mol. The summed E-state index contributed by atoms with van der Waals surface area (Å²) in [6, 6.07) is 5.95. The van der Waals surface area contributed by atoms with E-state index in [-0.39, 0.29) is 0 Å². The second kappa shape index (κ2) is 3.49. The highest BCUT2D eigenvalue weighted by Gasteiger charge is 2.07. The van der Waals surface area contributed by atoms with Crippen LogP contribution in [0.2, 0.25) is 0 Å². The van der Waals surface area contributed by atoms with Crippen molar-refractivity contribution in [1.82, 2.24) is 20.2 Å². The van der Waals surface area contributed by atoms with Crippen molar-refractivity contribution in [3.05, 3.63) is 34.1 Å². The Morgan fingerprint density at radius 1 is 1.29 bits per heavy atom. The molecule has 0 saturated carbocycles. The first-order valence-corrected chi connectivity index (χ1v) is 5.00. The quantitative estimate of drug-likeness (QED) is 0.781. The van der Waals surface area contributed by atoms with Crippen LogP contribution < -0.4 is 0 Å². The average Bonchev–Trinajstić information content (AvgIpc) is 2.57. The smallest absolute Gasteiger partial charge is 0.153 e. The molecule has 0 radical (unpaired) electrons. The number of hydrogen-bond donors (Lipinski definition) is 0. The minimum absolute atomic E-state index is 0.784. The van der Waals surface area contributed by atoms with Crippen molar-refractivity contribution >= 4 is 15.9 Å². The van der Waals surface area contributed by atoms with Gasteiger partial charge in [0.05, 0.1) is 5.69 Å². The van der Waals surface area contributed by atoms with Gasteiger partial charge in [0.15, 0.2) is 5.82 Å². The monoisotopic (exact) mass is 252 g/mol. The van der Waals surface area contributed by atoms with E-state index in [1.54, 1.807) is 4.68 Å². The Hall–Kier alpha value is -1.23. The maximum absolute atomic E-state index is 3.92. The molecular weight excluding hydrogens is 244 g/mol. The van der Waals surface area contributed by atoms with Gasteiger partial charge in [0.25, 0.3) is 0 Å². The van der Waals surface area contributed by atoms with Crippen LogP contribution >= 0.6 is 15.9 Å². The Morgan fingerprint density at radius 2 is 2.07 bits per heavy atom. The minimum atomic E-state index is 0.784. The summed E-state index contributed by atoms with van der Waals surface area (Å²) in [5.41, 5.74) is 2.13. The second-order valence-electron chi connectivity index (χ2n) is 3.02. The van der Waals surface area contributed by atoms with Gasteiger partial charge in [-0.15, -0.1) is 5.10 Å². The topological polar surface area (TPSA) is 43.6 Å². The van der Waals surface area contributed by atoms with Gasteiger partial charge in [-0.1, -0.05) is 22.0 Å². The van der Waals surface area contributed by atoms with Crippen LogP contribution in [0.25, 0.3) is 5.69 Å². The molecule has 0 saturated heterocycles. The lowest BCUT2D eigenvalue weighted by atomic mass is 10.2. The summed E-state index contributed by atoms with van der Waals surface area (Å²) in [4.78, 5) is 0. The van der Waals surface area contributed by atoms with E-state index in [0.717, 1.165) is 21.5 Å². The summed E-state index contributed by atoms with van der Waals surface area (Å²) in [6.45, 7) is 3.90. The van der Waals surface area contributed by atoms with Crippen LogP contribution in [0.15, 0.2) is 22.7 Å². The van der Waals surface area contributed by atoms with Gasteiger partial charge in [-0.05, 0) is 42.0 Å². The third-order valence-electron chi connectivity index (χ3n) is 2.09. The van der Waals surface area contributed by atoms with Crippen molar-refractivity contribution in [1.29, 1.82) is 0 Å². The largest absolute Gasteiger partial charge is 0.197 e. The molecule has 14 heavy (non-hydrogen) atoms. The predicted molar refractivity (Wildman–Crippen MR) is 56.3 cm³/mol. The minimum Gasteiger partial charge on any atom is -0.197 e. The molecule has 1 aromatic heterocycles. The Morgan fingerprint density at radius 3 is 2.71 bits per heavy atom. The molecule has 0 unspecified atom stereocenters. The van der Waals surface area contributed by atoms with E-state index in [0.29, 0.717) is 0 Å². The summed E-state index contributed by atoms with van der Waals surface area (Å²) < 4.78 is 2.78. The van der Waals surface area contributed by atoms with E-state index < -0.39 is 0 Å². The first kappa shape index (κ1) is 9.33. The van der Waals surface area contributed by atoms with Crippen LogP contribution in [-0.2, 0) is 0 Å². The predicted octanol–water partition coefficient (Wildman–Crippen LogP) is 2.04. The lowest BCUT2D eigenvalue weighted by Gasteiger charge is -2.06. The van der Waals surface area contributed by atoms with E-state index in [1.807, 2.05) is 32.0 Å². The molecule has 0 bridgehead atoms. The maximum atomic E-state index is 3.92. The number of hydrogen-bond acceptors (Lipinski definition) is 3. The zero-order valence-electron chi connectivity index (χ0n) is 7.90. The van der Waals surface area contributed by atoms with Gasteiger partial charge in [-0.3, -0.25) is 0 Å². The van der Waals surface area contributed by atoms with E-state index >= 15 is 0 Å². The molecule has 0 atom stereocenters. The van der Waals surface area contributed by atoms with E-state index in [9.17, 15) is 0 Å². The fourth-order valence-corrected chi connectivity index (χ4v) is 1.64. The van der Waals surface area contributed by atoms with E-state index in [2.05, 4.69) is 31.5 Å². The SMILES string of the molecule is Cc1c(Br)cccc1-n1nnnc1C. The van der Waals surface area contributed by atoms with Crippen LogP contribution in [-0.4, -0.2) is 20.2 Å². The third-order valence-corrected chi connectivity index (χ3v) is 2.95. The van der Waals surface area contributed by atoms with Crippen molar-refractivity contribution in [2.75, 3.05) is 0 Å². The summed E-state index contributed by atoms with van der Waals surface area (Å²) in [7, 11) is 0. The first-order chi connectivity index (χ1) is 6.70. The molecule has 5 heteroatoms. The van der Waals surface area contributed by atoms with Crippen LogP contribution in [0, 0.1) is 13.8 Å². The number of aromatic nitrogens is 4. The number of benzene rings is 1. The second-order valence-corrected chi connectivity index (χ2v) is 3.88. The van der Waals surface area contributed by atoms with Crippen LogP contribution in [0.3, 0.4) is 0 Å². The Labute approximate surface area is 90.1 Å². The highest BCUT2D eigenvalue weighted by molar-refractivity contribution is 9.10. The Bertz CT molecular complexity index is 464. The molecule has 2 rings (SSSR count). The molecule has 0 amide bonds. The highest BCUT2D eigenvalue weighted by atomic mass is 79.9. The van der Waals surface area contributed by atoms with Gasteiger partial charge in [-0.2, -0.15) is 4.68 Å². The van der Waals surface area contributed by atoms with Crippen molar-refractivity contribution in [2.45, 2.75) is 13.8 Å². The van der Waals surface area contributed by atoms with Gasteiger partial charge >= 0.3 is 0 Å². The molecule has 0 aliphatic carbocycles. The molecule has 0 N–H and O–H groups in total. The molecule has 0 fully saturated rings. The molecule has 72 valence electrons. The fourth-order valence-electron chi connectivity index (χ4n) is 1.28. The number of halogens is 1. The van der Waals surface area contributed by atoms with Gasteiger partial charge in [0.2, 0.25) is 0 Å². The molecule has 1 aromatic carbocycles. The van der Waals surface area contributed by atoms with Gasteiger partial charge in [-0.25, -0.2) is 0 Å². The molecule has 2 aromatic rings. The number of tetrazole rings is 1. The summed E-state index contributed by atoms with van der Waals surface area (Å²) in [5, 5.41) is 11.4. The van der Waals surface area contributed by atoms with Crippen LogP contribution in [0.4, 0.5) is 0 Å². The molecule has 4 nitrogen and oxygen atoms in total. The molecule has 1 heterocycles. The highest BCUT2D eigenvalue weighted by Crippen LogP contribution is 2.22. The zero-order valence-corrected chi connectivity index (χ0v) is 9.48. The normalized spacial score (nSPS) is 10.5. The van der Waals surface area contributed by atoms with Gasteiger partial charge < -0.3 is 0 Å². The number of aryl methyl sites for hydroxylation is 1. The van der Waals surface area contributed by atoms with Crippen molar-refractivity contribution in [3.63, 3.8) is 0 Å². The van der Waals surface area contributed by atoms with E-state index in [1.165, 1.54) is 0 Å². The maximum Gasteiger partial charge on any atom is 0.153 e. The third kappa shape index (κ3) is 1.43. The summed E-state index contributed by atoms with van der Waals surface area (Å²) >= 11 is 3.47. The van der Waals surface area contributed by atoms with Crippen LogP contribution in [0.5, 0.6) is 0 Å². The first-order valence-electron chi connectivity index (χ1n) is 4.20. The molecule has 0 aliphatic heterocycles. The Kier molecular flexibility index (Phi) is 2.33. The summed E-state index contributed by atoms with van der Waals surface area (Å²) in [5.74, 6) is 0.784. The van der Waals surface area contributed by atoms with Crippen molar-refractivity contribution in [2.24, 2.45) is 0 Å². The molecule has 0 spiro atoms. The molecule has 0 aliphatic rings. The standard InChI is InChI=1S/C9H9BrN4/c1-6-8(10)4-3-5-9(6)14-7(2)11-12-13-14/h3-5H,1-2H3. The zero-order chi connectivity index (χ0) is 10.1. The van der Waals surface area contributed by atoms with E-state index in [4.69, 9.17) is 0 Å². The lowest BCUT2D eigenvalue weighted by molar-refractivity contribution is 0.775. The summed E-state index contributed by atoms with van der Waals surface area (Å²) in [6.07, 6.45) is 0. The number of nitrogens with zero attached hydrogens (tertiary/aromatic N) is 4.